The lowest BCUT2D eigenvalue weighted by Crippen LogP contribution is -2.47. The highest BCUT2D eigenvalue weighted by atomic mass is 32.2. The van der Waals surface area contributed by atoms with Gasteiger partial charge < -0.3 is 10.2 Å². The van der Waals surface area contributed by atoms with Crippen LogP contribution >= 0.6 is 0 Å². The summed E-state index contributed by atoms with van der Waals surface area (Å²) < 4.78 is 27.5. The smallest absolute Gasteiger partial charge is 0.246 e. The third-order valence-corrected chi connectivity index (χ3v) is 7.17. The van der Waals surface area contributed by atoms with E-state index in [0.717, 1.165) is 32.5 Å². The van der Waals surface area contributed by atoms with Gasteiger partial charge in [0.2, 0.25) is 15.9 Å². The third kappa shape index (κ3) is 3.73. The molecule has 0 aromatic carbocycles. The van der Waals surface area contributed by atoms with Crippen LogP contribution in [0.1, 0.15) is 30.7 Å². The fraction of sp³-hybridized carbons (Fsp3) is 0.750. The number of aromatic amines is 1. The third-order valence-electron chi connectivity index (χ3n) is 5.04. The number of nitrogens with zero attached hydrogens (tertiary/aromatic N) is 3. The Morgan fingerprint density at radius 1 is 1.16 bits per heavy atom. The highest BCUT2D eigenvalue weighted by Crippen LogP contribution is 2.27. The molecular weight excluding hydrogens is 342 g/mol. The zero-order valence-corrected chi connectivity index (χ0v) is 15.7. The van der Waals surface area contributed by atoms with Crippen molar-refractivity contribution in [2.24, 2.45) is 5.92 Å². The normalized spacial score (nSPS) is 23.4. The lowest BCUT2D eigenvalue weighted by molar-refractivity contribution is -0.136. The van der Waals surface area contributed by atoms with E-state index < -0.39 is 10.0 Å². The average molecular weight is 369 g/mol. The number of sulfonamides is 1. The molecule has 0 bridgehead atoms. The van der Waals surface area contributed by atoms with Crippen LogP contribution in [0.5, 0.6) is 0 Å². The van der Waals surface area contributed by atoms with Gasteiger partial charge in [0.15, 0.2) is 0 Å². The fourth-order valence-electron chi connectivity index (χ4n) is 3.74. The van der Waals surface area contributed by atoms with Gasteiger partial charge in [-0.25, -0.2) is 8.42 Å². The molecule has 2 N–H and O–H groups in total. The number of H-pyrrole nitrogens is 1. The van der Waals surface area contributed by atoms with Gasteiger partial charge in [0.25, 0.3) is 0 Å². The Morgan fingerprint density at radius 2 is 1.96 bits per heavy atom. The number of hydrogen-bond acceptors (Lipinski definition) is 5. The van der Waals surface area contributed by atoms with Crippen molar-refractivity contribution in [3.63, 3.8) is 0 Å². The first-order chi connectivity index (χ1) is 11.9. The van der Waals surface area contributed by atoms with Crippen LogP contribution < -0.4 is 5.32 Å². The Morgan fingerprint density at radius 3 is 2.68 bits per heavy atom. The molecule has 0 spiro atoms. The molecule has 2 aliphatic rings. The van der Waals surface area contributed by atoms with Gasteiger partial charge in [0.05, 0.1) is 17.3 Å². The van der Waals surface area contributed by atoms with Gasteiger partial charge in [-0.2, -0.15) is 9.40 Å². The highest BCUT2D eigenvalue weighted by molar-refractivity contribution is 7.89. The second kappa shape index (κ2) is 7.43. The summed E-state index contributed by atoms with van der Waals surface area (Å²) in [6.07, 6.45) is 2.39. The van der Waals surface area contributed by atoms with E-state index in [4.69, 9.17) is 0 Å². The van der Waals surface area contributed by atoms with Gasteiger partial charge in [-0.15, -0.1) is 0 Å². The van der Waals surface area contributed by atoms with Crippen molar-refractivity contribution in [1.82, 2.24) is 24.7 Å². The van der Waals surface area contributed by atoms with Crippen molar-refractivity contribution in [2.75, 3.05) is 39.3 Å². The molecule has 1 amide bonds. The van der Waals surface area contributed by atoms with Crippen LogP contribution in [0, 0.1) is 19.8 Å². The zero-order chi connectivity index (χ0) is 18.0. The van der Waals surface area contributed by atoms with Crippen LogP contribution in [0.4, 0.5) is 0 Å². The molecule has 0 aliphatic carbocycles. The van der Waals surface area contributed by atoms with E-state index in [9.17, 15) is 13.2 Å². The molecule has 1 aromatic rings. The summed E-state index contributed by atoms with van der Waals surface area (Å²) in [7, 11) is -3.63. The summed E-state index contributed by atoms with van der Waals surface area (Å²) in [5, 5.41) is 10.0. The van der Waals surface area contributed by atoms with Crippen LogP contribution in [-0.4, -0.2) is 73.0 Å². The van der Waals surface area contributed by atoms with Gasteiger partial charge >= 0.3 is 0 Å². The van der Waals surface area contributed by atoms with E-state index in [0.29, 0.717) is 30.9 Å². The number of rotatable bonds is 3. The van der Waals surface area contributed by atoms with E-state index in [1.54, 1.807) is 13.8 Å². The van der Waals surface area contributed by atoms with Crippen LogP contribution in [0.25, 0.3) is 0 Å². The van der Waals surface area contributed by atoms with Crippen LogP contribution in [0.15, 0.2) is 4.90 Å². The van der Waals surface area contributed by atoms with Crippen molar-refractivity contribution in [3.8, 4) is 0 Å². The first-order valence-corrected chi connectivity index (χ1v) is 10.4. The molecule has 0 saturated carbocycles. The largest absolute Gasteiger partial charge is 0.341 e. The van der Waals surface area contributed by atoms with Crippen molar-refractivity contribution in [1.29, 1.82) is 0 Å². The summed E-state index contributed by atoms with van der Waals surface area (Å²) in [5.74, 6) is -0.168. The quantitative estimate of drug-likeness (QED) is 0.796. The molecule has 140 valence electrons. The SMILES string of the molecule is Cc1n[nH]c(C)c1S(=O)(=O)N1CCCC(C(=O)N2CCCNCC2)C1. The van der Waals surface area contributed by atoms with Crippen molar-refractivity contribution < 1.29 is 13.2 Å². The second-order valence-corrected chi connectivity index (χ2v) is 8.77. The lowest BCUT2D eigenvalue weighted by Gasteiger charge is -2.34. The second-order valence-electron chi connectivity index (χ2n) is 6.89. The fourth-order valence-corrected chi connectivity index (χ4v) is 5.59. The molecule has 8 nitrogen and oxygen atoms in total. The van der Waals surface area contributed by atoms with E-state index in [-0.39, 0.29) is 23.3 Å². The summed E-state index contributed by atoms with van der Waals surface area (Å²) >= 11 is 0. The highest BCUT2D eigenvalue weighted by Gasteiger charge is 2.37. The Labute approximate surface area is 149 Å². The molecule has 3 rings (SSSR count). The Balaban J connectivity index is 1.75. The van der Waals surface area contributed by atoms with Gasteiger partial charge in [-0.1, -0.05) is 0 Å². The number of carbonyl (C=O) groups is 1. The minimum absolute atomic E-state index is 0.0873. The van der Waals surface area contributed by atoms with Gasteiger partial charge in [-0.3, -0.25) is 9.89 Å². The number of aromatic nitrogens is 2. The molecule has 3 heterocycles. The van der Waals surface area contributed by atoms with Gasteiger partial charge in [-0.05, 0) is 39.7 Å². The van der Waals surface area contributed by atoms with Crippen molar-refractivity contribution >= 4 is 15.9 Å². The number of hydrogen-bond donors (Lipinski definition) is 2. The maximum absolute atomic E-state index is 13.0. The number of piperidine rings is 1. The summed E-state index contributed by atoms with van der Waals surface area (Å²) in [6.45, 7) is 7.28. The van der Waals surface area contributed by atoms with Crippen molar-refractivity contribution in [3.05, 3.63) is 11.4 Å². The Kier molecular flexibility index (Phi) is 5.45. The first kappa shape index (κ1) is 18.3. The molecule has 9 heteroatoms. The maximum Gasteiger partial charge on any atom is 0.246 e. The zero-order valence-electron chi connectivity index (χ0n) is 14.9. The monoisotopic (exact) mass is 369 g/mol. The molecule has 1 aromatic heterocycles. The predicted molar refractivity (Wildman–Crippen MR) is 93.6 cm³/mol. The van der Waals surface area contributed by atoms with Gasteiger partial charge in [0.1, 0.15) is 4.90 Å². The molecule has 1 unspecified atom stereocenters. The molecule has 2 saturated heterocycles. The van der Waals surface area contributed by atoms with Crippen LogP contribution in [0.3, 0.4) is 0 Å². The summed E-state index contributed by atoms with van der Waals surface area (Å²) in [4.78, 5) is 15.0. The van der Waals surface area contributed by atoms with Crippen LogP contribution in [-0.2, 0) is 14.8 Å². The Bertz CT molecular complexity index is 703. The number of amides is 1. The number of aryl methyl sites for hydroxylation is 2. The molecular formula is C16H27N5O3S. The molecule has 1 atom stereocenters. The van der Waals surface area contributed by atoms with Gasteiger partial charge in [0, 0.05) is 32.7 Å². The van der Waals surface area contributed by atoms with Crippen LogP contribution in [0.2, 0.25) is 0 Å². The molecule has 2 aliphatic heterocycles. The van der Waals surface area contributed by atoms with E-state index in [1.807, 2.05) is 4.90 Å². The number of nitrogens with one attached hydrogen (secondary N) is 2. The minimum Gasteiger partial charge on any atom is -0.341 e. The lowest BCUT2D eigenvalue weighted by atomic mass is 9.98. The number of carbonyl (C=O) groups excluding carboxylic acids is 1. The summed E-state index contributed by atoms with van der Waals surface area (Å²) in [5.41, 5.74) is 1.02. The Hall–Kier alpha value is -1.45. The topological polar surface area (TPSA) is 98.4 Å². The molecule has 25 heavy (non-hydrogen) atoms. The predicted octanol–water partition coefficient (Wildman–Crippen LogP) is 0.249. The van der Waals surface area contributed by atoms with E-state index in [1.165, 1.54) is 4.31 Å². The first-order valence-electron chi connectivity index (χ1n) is 8.92. The molecule has 2 fully saturated rings. The maximum atomic E-state index is 13.0. The standard InChI is InChI=1S/C16H27N5O3S/c1-12-15(13(2)19-18-12)25(23,24)21-9-3-5-14(11-21)16(22)20-8-4-6-17-7-10-20/h14,17H,3-11H2,1-2H3,(H,18,19). The minimum atomic E-state index is -3.63. The summed E-state index contributed by atoms with van der Waals surface area (Å²) in [6, 6.07) is 0. The van der Waals surface area contributed by atoms with Crippen molar-refractivity contribution in [2.45, 2.75) is 38.0 Å². The van der Waals surface area contributed by atoms with E-state index in [2.05, 4.69) is 15.5 Å². The van der Waals surface area contributed by atoms with E-state index >= 15 is 0 Å². The average Bonchev–Trinajstić information content (AvgIpc) is 2.81. The molecule has 0 radical (unpaired) electrons.